The number of hydrogen-bond acceptors (Lipinski definition) is 14. The molecule has 6 aliphatic carbocycles. The number of carbonyl (C=O) groups excluding carboxylic acids is 4. The molecule has 0 radical (unpaired) electrons. The van der Waals surface area contributed by atoms with Gasteiger partial charge in [0, 0.05) is 83.3 Å². The standard InChI is InChI=1S/C24H25ClF3N5O3S.C24H25F4N5O3S/c1-33-20(9-21(32-33)36-24(25,27)28)31-11-30-13-4-5-18-15(6-13)22(23(35)29-10-12-2-3-12)19(37-18)8-17(34)14-7-16(14)26;1-33-20(9-21(32-33)36-24(26,27)28)31-11-30-13-4-5-18-15(6-13)22(23(35)29-10-12-2-3-12)19(37-18)8-17(34)14-7-16(14)25/h2*9,12-14,16H,2-8,10H2,1H3,(H,29,35)/t2*13-,14-,16+/m00/s1. The van der Waals surface area contributed by atoms with Crippen LogP contribution in [0.5, 0.6) is 11.8 Å². The molecule has 16 nitrogen and oxygen atoms in total. The van der Waals surface area contributed by atoms with Gasteiger partial charge in [-0.05, 0) is 100 Å². The molecule has 4 aromatic heterocycles. The van der Waals surface area contributed by atoms with E-state index in [2.05, 4.69) is 62.3 Å². The Balaban J connectivity index is 0.000000182. The SMILES string of the molecule is Cn1nc(OC(F)(F)Cl)cc1N=C=N[C@H]1CCc2sc(CC(=O)[C@H]3C[C@H]3F)c(C(=O)NCC3CC3)c2C1.Cn1nc(OC(F)(F)F)cc1N=C=N[C@H]1CCc2sc(CC(=O)[C@H]3C[C@H]3F)c(C(=O)NCC3CC3)c2C1. The number of thiophene rings is 2. The summed E-state index contributed by atoms with van der Waals surface area (Å²) in [5.41, 5.74) is -1.14. The lowest BCUT2D eigenvalue weighted by atomic mass is 9.90. The van der Waals surface area contributed by atoms with E-state index >= 15 is 0 Å². The summed E-state index contributed by atoms with van der Waals surface area (Å²) in [6.45, 7) is 1.19. The van der Waals surface area contributed by atoms with Crippen LogP contribution >= 0.6 is 34.3 Å². The van der Waals surface area contributed by atoms with Crippen molar-refractivity contribution in [3.63, 3.8) is 0 Å². The summed E-state index contributed by atoms with van der Waals surface area (Å²) in [4.78, 5) is 71.6. The molecule has 6 atom stereocenters. The molecule has 0 saturated heterocycles. The lowest BCUT2D eigenvalue weighted by Gasteiger charge is -2.19. The highest BCUT2D eigenvalue weighted by Gasteiger charge is 2.45. The molecule has 396 valence electrons. The highest BCUT2D eigenvalue weighted by Crippen LogP contribution is 2.42. The van der Waals surface area contributed by atoms with E-state index in [1.165, 1.54) is 47.5 Å². The Kier molecular flexibility index (Phi) is 15.7. The summed E-state index contributed by atoms with van der Waals surface area (Å²) >= 11 is 7.67. The number of aryl methyl sites for hydroxylation is 4. The van der Waals surface area contributed by atoms with Gasteiger partial charge in [0.2, 0.25) is 11.8 Å². The minimum Gasteiger partial charge on any atom is -0.400 e. The van der Waals surface area contributed by atoms with Crippen molar-refractivity contribution < 1.29 is 59.4 Å². The predicted molar refractivity (Wildman–Crippen MR) is 257 cm³/mol. The molecule has 4 fully saturated rings. The second kappa shape index (κ2) is 21.8. The molecule has 4 heterocycles. The molecular weight excluding hydrogens is 1050 g/mol. The quantitative estimate of drug-likeness (QED) is 0.0527. The number of carbonyl (C=O) groups is 4. The van der Waals surface area contributed by atoms with E-state index in [9.17, 15) is 49.9 Å². The van der Waals surface area contributed by atoms with Gasteiger partial charge in [-0.15, -0.1) is 54.8 Å². The van der Waals surface area contributed by atoms with E-state index in [0.29, 0.717) is 84.3 Å². The number of nitrogens with one attached hydrogen (secondary N) is 2. The maximum Gasteiger partial charge on any atom is 0.574 e. The predicted octanol–water partition coefficient (Wildman–Crippen LogP) is 8.97. The molecule has 10 rings (SSSR count). The van der Waals surface area contributed by atoms with Crippen LogP contribution < -0.4 is 20.1 Å². The number of aromatic nitrogens is 4. The number of Topliss-reactive ketones (excluding diaryl/α,β-unsaturated/α-hetero) is 2. The van der Waals surface area contributed by atoms with Crippen molar-refractivity contribution in [2.45, 2.75) is 126 Å². The third-order valence-electron chi connectivity index (χ3n) is 13.4. The van der Waals surface area contributed by atoms with Gasteiger partial charge in [-0.25, -0.2) is 28.1 Å². The Morgan fingerprint density at radius 1 is 0.703 bits per heavy atom. The second-order valence-electron chi connectivity index (χ2n) is 19.4. The average molecular weight is 1100 g/mol. The molecule has 2 N–H and O–H groups in total. The van der Waals surface area contributed by atoms with Gasteiger partial charge < -0.3 is 20.1 Å². The Bertz CT molecular complexity index is 2750. The highest BCUT2D eigenvalue weighted by molar-refractivity contribution is 7.13. The largest absolute Gasteiger partial charge is 0.574 e. The van der Waals surface area contributed by atoms with E-state index in [1.807, 2.05) is 0 Å². The number of ether oxygens (including phenoxy) is 2. The summed E-state index contributed by atoms with van der Waals surface area (Å²) in [6, 6.07) is 6.90. The average Bonchev–Trinajstić information content (AvgIpc) is 4.22. The first-order valence-electron chi connectivity index (χ1n) is 24.2. The van der Waals surface area contributed by atoms with Crippen LogP contribution in [0.1, 0.15) is 103 Å². The third kappa shape index (κ3) is 13.9. The minimum absolute atomic E-state index is 0.0488. The minimum atomic E-state index is -4.86. The van der Waals surface area contributed by atoms with Gasteiger partial charge in [-0.1, -0.05) is 0 Å². The molecule has 0 aliphatic heterocycles. The summed E-state index contributed by atoms with van der Waals surface area (Å²) < 4.78 is 100. The van der Waals surface area contributed by atoms with Crippen LogP contribution in [0.15, 0.2) is 32.1 Å². The Morgan fingerprint density at radius 3 is 1.47 bits per heavy atom. The lowest BCUT2D eigenvalue weighted by molar-refractivity contribution is -0.276. The van der Waals surface area contributed by atoms with Crippen molar-refractivity contribution in [2.24, 2.45) is 57.7 Å². The number of amides is 2. The fourth-order valence-corrected chi connectivity index (χ4v) is 11.6. The van der Waals surface area contributed by atoms with Gasteiger partial charge in [0.05, 0.1) is 47.1 Å². The number of ketones is 2. The topological polar surface area (TPSA) is 196 Å². The molecule has 2 amide bonds. The molecule has 0 spiro atoms. The van der Waals surface area contributed by atoms with Crippen molar-refractivity contribution in [3.8, 4) is 11.8 Å². The summed E-state index contributed by atoms with van der Waals surface area (Å²) in [7, 11) is 2.92. The van der Waals surface area contributed by atoms with Crippen molar-refractivity contribution in [1.29, 1.82) is 0 Å². The first kappa shape index (κ1) is 53.1. The maximum atomic E-state index is 13.4. The Hall–Kier alpha value is -5.74. The molecular formula is C48H50ClF7N10O6S2. The molecule has 74 heavy (non-hydrogen) atoms. The monoisotopic (exact) mass is 1090 g/mol. The van der Waals surface area contributed by atoms with Gasteiger partial charge >= 0.3 is 11.9 Å². The molecule has 0 aromatic carbocycles. The fraction of sp³-hybridized carbons (Fsp3) is 0.583. The molecule has 4 saturated carbocycles. The zero-order valence-corrected chi connectivity index (χ0v) is 42.3. The van der Waals surface area contributed by atoms with Crippen LogP contribution in [-0.4, -0.2) is 104 Å². The van der Waals surface area contributed by atoms with E-state index in [1.54, 1.807) is 0 Å². The summed E-state index contributed by atoms with van der Waals surface area (Å²) in [5.74, 6) is -1.61. The van der Waals surface area contributed by atoms with Crippen molar-refractivity contribution in [1.82, 2.24) is 30.2 Å². The molecule has 6 aliphatic rings. The van der Waals surface area contributed by atoms with Crippen LogP contribution in [0, 0.1) is 23.7 Å². The van der Waals surface area contributed by atoms with Gasteiger partial charge in [0.15, 0.2) is 11.6 Å². The number of fused-ring (bicyclic) bond motifs is 2. The highest BCUT2D eigenvalue weighted by atomic mass is 35.5. The molecule has 4 aromatic rings. The number of alkyl halides is 8. The first-order valence-corrected chi connectivity index (χ1v) is 26.2. The number of rotatable bonds is 19. The Labute approximate surface area is 431 Å². The second-order valence-corrected chi connectivity index (χ2v) is 22.2. The number of nitrogens with zero attached hydrogens (tertiary/aromatic N) is 8. The van der Waals surface area contributed by atoms with Crippen molar-refractivity contribution >= 4 is 81.3 Å². The molecule has 26 heteroatoms. The van der Waals surface area contributed by atoms with Crippen molar-refractivity contribution in [3.05, 3.63) is 53.9 Å². The maximum absolute atomic E-state index is 13.4. The molecule has 0 bridgehead atoms. The van der Waals surface area contributed by atoms with E-state index in [4.69, 9.17) is 11.6 Å². The van der Waals surface area contributed by atoms with Crippen molar-refractivity contribution in [2.75, 3.05) is 13.1 Å². The van der Waals surface area contributed by atoms with Gasteiger partial charge in [-0.3, -0.25) is 19.2 Å². The fourth-order valence-electron chi connectivity index (χ4n) is 8.84. The van der Waals surface area contributed by atoms with Gasteiger partial charge in [-0.2, -0.15) is 9.98 Å². The van der Waals surface area contributed by atoms with Gasteiger partial charge in [0.1, 0.15) is 23.9 Å². The Morgan fingerprint density at radius 2 is 1.11 bits per heavy atom. The number of hydrogen-bond donors (Lipinski definition) is 2. The molecule has 0 unspecified atom stereocenters. The van der Waals surface area contributed by atoms with Crippen LogP contribution in [0.25, 0.3) is 0 Å². The first-order chi connectivity index (χ1) is 35.1. The van der Waals surface area contributed by atoms with Crippen LogP contribution in [-0.2, 0) is 62.2 Å². The number of aliphatic imine (C=N–C) groups is 4. The zero-order chi connectivity index (χ0) is 52.6. The van der Waals surface area contributed by atoms with E-state index < -0.39 is 47.9 Å². The van der Waals surface area contributed by atoms with E-state index in [0.717, 1.165) is 57.3 Å². The van der Waals surface area contributed by atoms with Gasteiger partial charge in [0.25, 0.3) is 11.8 Å². The zero-order valence-electron chi connectivity index (χ0n) is 40.0. The smallest absolute Gasteiger partial charge is 0.400 e. The third-order valence-corrected chi connectivity index (χ3v) is 16.1. The lowest BCUT2D eigenvalue weighted by Crippen LogP contribution is -2.28. The summed E-state index contributed by atoms with van der Waals surface area (Å²) in [6.07, 6.45) is 1.60. The summed E-state index contributed by atoms with van der Waals surface area (Å²) in [5, 5.41) is 13.4. The van der Waals surface area contributed by atoms with Crippen LogP contribution in [0.4, 0.5) is 42.4 Å². The normalized spacial score (nSPS) is 22.6. The number of halogens is 8. The van der Waals surface area contributed by atoms with E-state index in [-0.39, 0.29) is 72.8 Å². The van der Waals surface area contributed by atoms with Crippen LogP contribution in [0.3, 0.4) is 0 Å². The van der Waals surface area contributed by atoms with Crippen LogP contribution in [0.2, 0.25) is 0 Å².